The Kier molecular flexibility index (Phi) is 3.80. The Balaban J connectivity index is 1.62. The SMILES string of the molecule is O=C1[C@@H](N2CCNCC2)CCN1Cc1ccccc1. The van der Waals surface area contributed by atoms with Crippen molar-refractivity contribution in [1.82, 2.24) is 15.1 Å². The van der Waals surface area contributed by atoms with Crippen molar-refractivity contribution in [3.8, 4) is 0 Å². The maximum absolute atomic E-state index is 12.5. The minimum absolute atomic E-state index is 0.116. The Hall–Kier alpha value is -1.39. The molecule has 0 aliphatic carbocycles. The number of hydrogen-bond donors (Lipinski definition) is 1. The van der Waals surface area contributed by atoms with Gasteiger partial charge in [-0.25, -0.2) is 0 Å². The van der Waals surface area contributed by atoms with E-state index in [9.17, 15) is 4.79 Å². The first kappa shape index (κ1) is 12.6. The molecule has 3 rings (SSSR count). The van der Waals surface area contributed by atoms with Gasteiger partial charge in [0.05, 0.1) is 6.04 Å². The maximum Gasteiger partial charge on any atom is 0.240 e. The summed E-state index contributed by atoms with van der Waals surface area (Å²) in [7, 11) is 0. The van der Waals surface area contributed by atoms with Gasteiger partial charge in [0, 0.05) is 39.3 Å². The molecule has 1 aromatic rings. The lowest BCUT2D eigenvalue weighted by atomic mass is 10.2. The van der Waals surface area contributed by atoms with Crippen molar-refractivity contribution in [1.29, 1.82) is 0 Å². The van der Waals surface area contributed by atoms with E-state index in [4.69, 9.17) is 0 Å². The molecule has 2 fully saturated rings. The van der Waals surface area contributed by atoms with E-state index < -0.39 is 0 Å². The fourth-order valence-electron chi connectivity index (χ4n) is 3.02. The summed E-state index contributed by atoms with van der Waals surface area (Å²) in [5, 5.41) is 3.34. The molecule has 0 bridgehead atoms. The first-order valence-corrected chi connectivity index (χ1v) is 7.12. The molecule has 1 aromatic carbocycles. The summed E-state index contributed by atoms with van der Waals surface area (Å²) in [6.07, 6.45) is 0.978. The van der Waals surface area contributed by atoms with Crippen LogP contribution in [0, 0.1) is 0 Å². The van der Waals surface area contributed by atoms with Crippen molar-refractivity contribution in [3.05, 3.63) is 35.9 Å². The molecule has 2 aliphatic heterocycles. The number of nitrogens with zero attached hydrogens (tertiary/aromatic N) is 2. The Labute approximate surface area is 114 Å². The predicted octanol–water partition coefficient (Wildman–Crippen LogP) is 0.693. The van der Waals surface area contributed by atoms with Crippen LogP contribution in [0.15, 0.2) is 30.3 Å². The Morgan fingerprint density at radius 3 is 2.58 bits per heavy atom. The van der Waals surface area contributed by atoms with Crippen LogP contribution in [-0.4, -0.2) is 54.5 Å². The van der Waals surface area contributed by atoms with Crippen LogP contribution in [0.3, 0.4) is 0 Å². The monoisotopic (exact) mass is 259 g/mol. The normalized spacial score (nSPS) is 24.9. The second-order valence-corrected chi connectivity index (χ2v) is 5.34. The Morgan fingerprint density at radius 2 is 1.84 bits per heavy atom. The van der Waals surface area contributed by atoms with E-state index in [1.165, 1.54) is 5.56 Å². The van der Waals surface area contributed by atoms with Crippen molar-refractivity contribution < 1.29 is 4.79 Å². The van der Waals surface area contributed by atoms with Gasteiger partial charge < -0.3 is 10.2 Å². The number of benzene rings is 1. The number of rotatable bonds is 3. The fraction of sp³-hybridized carbons (Fsp3) is 0.533. The third kappa shape index (κ3) is 2.80. The lowest BCUT2D eigenvalue weighted by Gasteiger charge is -2.31. The number of nitrogens with one attached hydrogen (secondary N) is 1. The highest BCUT2D eigenvalue weighted by molar-refractivity contribution is 5.84. The van der Waals surface area contributed by atoms with Gasteiger partial charge in [-0.15, -0.1) is 0 Å². The fourth-order valence-corrected chi connectivity index (χ4v) is 3.02. The van der Waals surface area contributed by atoms with Gasteiger partial charge >= 0.3 is 0 Å². The van der Waals surface area contributed by atoms with E-state index in [2.05, 4.69) is 22.3 Å². The van der Waals surface area contributed by atoms with E-state index in [0.717, 1.165) is 45.7 Å². The minimum Gasteiger partial charge on any atom is -0.337 e. The van der Waals surface area contributed by atoms with E-state index in [-0.39, 0.29) is 6.04 Å². The van der Waals surface area contributed by atoms with Gasteiger partial charge in [0.15, 0.2) is 0 Å². The van der Waals surface area contributed by atoms with Gasteiger partial charge in [0.1, 0.15) is 0 Å². The molecule has 0 saturated carbocycles. The molecule has 102 valence electrons. The predicted molar refractivity (Wildman–Crippen MR) is 74.7 cm³/mol. The summed E-state index contributed by atoms with van der Waals surface area (Å²) in [5.74, 6) is 0.311. The molecule has 1 N–H and O–H groups in total. The van der Waals surface area contributed by atoms with Crippen LogP contribution in [0.4, 0.5) is 0 Å². The van der Waals surface area contributed by atoms with Crippen molar-refractivity contribution >= 4 is 5.91 Å². The number of amides is 1. The zero-order chi connectivity index (χ0) is 13.1. The third-order valence-electron chi connectivity index (χ3n) is 4.08. The molecule has 2 aliphatic rings. The molecular weight excluding hydrogens is 238 g/mol. The van der Waals surface area contributed by atoms with Gasteiger partial charge in [-0.05, 0) is 12.0 Å². The maximum atomic E-state index is 12.5. The second kappa shape index (κ2) is 5.72. The van der Waals surface area contributed by atoms with Crippen LogP contribution in [0.1, 0.15) is 12.0 Å². The van der Waals surface area contributed by atoms with E-state index in [1.807, 2.05) is 23.1 Å². The number of carbonyl (C=O) groups is 1. The van der Waals surface area contributed by atoms with Gasteiger partial charge in [-0.3, -0.25) is 9.69 Å². The van der Waals surface area contributed by atoms with E-state index >= 15 is 0 Å². The van der Waals surface area contributed by atoms with Crippen molar-refractivity contribution in [2.75, 3.05) is 32.7 Å². The van der Waals surface area contributed by atoms with Crippen LogP contribution in [0.5, 0.6) is 0 Å². The van der Waals surface area contributed by atoms with Crippen LogP contribution in [0.25, 0.3) is 0 Å². The molecule has 4 heteroatoms. The number of piperazine rings is 1. The van der Waals surface area contributed by atoms with Gasteiger partial charge in [-0.2, -0.15) is 0 Å². The summed E-state index contributed by atoms with van der Waals surface area (Å²) in [5.41, 5.74) is 1.22. The number of likely N-dealkylation sites (tertiary alicyclic amines) is 1. The zero-order valence-corrected chi connectivity index (χ0v) is 11.2. The zero-order valence-electron chi connectivity index (χ0n) is 11.2. The smallest absolute Gasteiger partial charge is 0.240 e. The first-order chi connectivity index (χ1) is 9.34. The molecule has 0 spiro atoms. The molecule has 2 saturated heterocycles. The summed E-state index contributed by atoms with van der Waals surface area (Å²) in [4.78, 5) is 16.8. The van der Waals surface area contributed by atoms with Crippen molar-refractivity contribution in [2.45, 2.75) is 19.0 Å². The highest BCUT2D eigenvalue weighted by atomic mass is 16.2. The van der Waals surface area contributed by atoms with Crippen molar-refractivity contribution in [3.63, 3.8) is 0 Å². The van der Waals surface area contributed by atoms with Gasteiger partial charge in [0.2, 0.25) is 5.91 Å². The van der Waals surface area contributed by atoms with Gasteiger partial charge in [0.25, 0.3) is 0 Å². The molecule has 0 unspecified atom stereocenters. The molecule has 1 atom stereocenters. The average molecular weight is 259 g/mol. The molecule has 4 nitrogen and oxygen atoms in total. The van der Waals surface area contributed by atoms with E-state index in [1.54, 1.807) is 0 Å². The topological polar surface area (TPSA) is 35.6 Å². The average Bonchev–Trinajstić information content (AvgIpc) is 2.82. The summed E-state index contributed by atoms with van der Waals surface area (Å²) in [6.45, 7) is 5.64. The molecule has 2 heterocycles. The van der Waals surface area contributed by atoms with Gasteiger partial charge in [-0.1, -0.05) is 30.3 Å². The quantitative estimate of drug-likeness (QED) is 0.867. The van der Waals surface area contributed by atoms with E-state index in [0.29, 0.717) is 5.91 Å². The highest BCUT2D eigenvalue weighted by Gasteiger charge is 2.35. The standard InChI is InChI=1S/C15H21N3O/c19-15-14(17-10-7-16-8-11-17)6-9-18(15)12-13-4-2-1-3-5-13/h1-5,14,16H,6-12H2/t14-/m0/s1. The first-order valence-electron chi connectivity index (χ1n) is 7.12. The molecule has 0 radical (unpaired) electrons. The number of hydrogen-bond acceptors (Lipinski definition) is 3. The highest BCUT2D eigenvalue weighted by Crippen LogP contribution is 2.19. The summed E-state index contributed by atoms with van der Waals surface area (Å²) >= 11 is 0. The largest absolute Gasteiger partial charge is 0.337 e. The van der Waals surface area contributed by atoms with Crippen LogP contribution < -0.4 is 5.32 Å². The third-order valence-corrected chi connectivity index (χ3v) is 4.08. The number of carbonyl (C=O) groups excluding carboxylic acids is 1. The summed E-state index contributed by atoms with van der Waals surface area (Å²) in [6, 6.07) is 10.4. The molecule has 1 amide bonds. The lowest BCUT2D eigenvalue weighted by Crippen LogP contribution is -2.51. The Morgan fingerprint density at radius 1 is 1.11 bits per heavy atom. The second-order valence-electron chi connectivity index (χ2n) is 5.34. The van der Waals surface area contributed by atoms with Crippen LogP contribution in [-0.2, 0) is 11.3 Å². The summed E-state index contributed by atoms with van der Waals surface area (Å²) < 4.78 is 0. The van der Waals surface area contributed by atoms with Crippen LogP contribution >= 0.6 is 0 Å². The molecule has 0 aromatic heterocycles. The minimum atomic E-state index is 0.116. The van der Waals surface area contributed by atoms with Crippen molar-refractivity contribution in [2.24, 2.45) is 0 Å². The Bertz CT molecular complexity index is 428. The molecule has 19 heavy (non-hydrogen) atoms. The lowest BCUT2D eigenvalue weighted by molar-refractivity contribution is -0.132. The van der Waals surface area contributed by atoms with Crippen LogP contribution in [0.2, 0.25) is 0 Å². The molecular formula is C15H21N3O.